The lowest BCUT2D eigenvalue weighted by Gasteiger charge is -2.15. The molecule has 0 atom stereocenters. The smallest absolute Gasteiger partial charge is 0.266 e. The van der Waals surface area contributed by atoms with E-state index in [2.05, 4.69) is 5.32 Å². The van der Waals surface area contributed by atoms with Crippen LogP contribution < -0.4 is 19.7 Å². The summed E-state index contributed by atoms with van der Waals surface area (Å²) < 4.78 is 10.7. The van der Waals surface area contributed by atoms with Crippen molar-refractivity contribution in [2.45, 2.75) is 12.8 Å². The predicted molar refractivity (Wildman–Crippen MR) is 121 cm³/mol. The largest absolute Gasteiger partial charge is 0.493 e. The van der Waals surface area contributed by atoms with Crippen molar-refractivity contribution < 1.29 is 23.9 Å². The predicted octanol–water partition coefficient (Wildman–Crippen LogP) is 4.08. The summed E-state index contributed by atoms with van der Waals surface area (Å²) in [6, 6.07) is 18.9. The average Bonchev–Trinajstić information content (AvgIpc) is 3.07. The van der Waals surface area contributed by atoms with E-state index in [4.69, 9.17) is 9.47 Å². The van der Waals surface area contributed by atoms with Crippen molar-refractivity contribution in [1.29, 1.82) is 0 Å². The molecular weight excluding hydrogens is 408 g/mol. The summed E-state index contributed by atoms with van der Waals surface area (Å²) in [5.74, 6) is 0.266. The third kappa shape index (κ3) is 3.92. The number of fused-ring (bicyclic) bond motifs is 1. The maximum Gasteiger partial charge on any atom is 0.266 e. The van der Waals surface area contributed by atoms with Gasteiger partial charge in [-0.25, -0.2) is 4.90 Å². The Morgan fingerprint density at radius 1 is 0.875 bits per heavy atom. The number of para-hydroxylation sites is 1. The van der Waals surface area contributed by atoms with Gasteiger partial charge < -0.3 is 14.8 Å². The van der Waals surface area contributed by atoms with Gasteiger partial charge in [0.05, 0.1) is 31.0 Å². The van der Waals surface area contributed by atoms with Gasteiger partial charge in [0.1, 0.15) is 0 Å². The molecule has 1 N–H and O–H groups in total. The van der Waals surface area contributed by atoms with Gasteiger partial charge in [-0.3, -0.25) is 14.4 Å². The molecule has 0 aromatic heterocycles. The van der Waals surface area contributed by atoms with E-state index in [0.717, 1.165) is 10.5 Å². The molecule has 0 saturated heterocycles. The Morgan fingerprint density at radius 3 is 2.22 bits per heavy atom. The molecule has 0 saturated carbocycles. The molecule has 32 heavy (non-hydrogen) atoms. The molecule has 3 amide bonds. The number of ether oxygens (including phenoxy) is 2. The minimum absolute atomic E-state index is 0.200. The summed E-state index contributed by atoms with van der Waals surface area (Å²) in [7, 11) is 3.13. The molecule has 3 aromatic carbocycles. The number of nitrogens with zero attached hydrogens (tertiary/aromatic N) is 1. The Balaban J connectivity index is 1.46. The molecule has 0 aliphatic carbocycles. The van der Waals surface area contributed by atoms with Crippen LogP contribution in [0.3, 0.4) is 0 Å². The van der Waals surface area contributed by atoms with E-state index < -0.39 is 0 Å². The molecule has 1 aliphatic rings. The molecule has 0 unspecified atom stereocenters. The number of aryl methyl sites for hydroxylation is 1. The van der Waals surface area contributed by atoms with Crippen molar-refractivity contribution in [2.24, 2.45) is 0 Å². The van der Waals surface area contributed by atoms with E-state index in [1.54, 1.807) is 68.8 Å². The van der Waals surface area contributed by atoms with E-state index in [1.807, 2.05) is 12.1 Å². The average molecular weight is 430 g/mol. The van der Waals surface area contributed by atoms with Crippen molar-refractivity contribution in [1.82, 2.24) is 0 Å². The maximum absolute atomic E-state index is 12.7. The minimum Gasteiger partial charge on any atom is -0.493 e. The number of methoxy groups -OCH3 is 2. The molecule has 0 radical (unpaired) electrons. The lowest BCUT2D eigenvalue weighted by atomic mass is 10.1. The lowest BCUT2D eigenvalue weighted by molar-refractivity contribution is -0.116. The molecule has 7 nitrogen and oxygen atoms in total. The monoisotopic (exact) mass is 430 g/mol. The Labute approximate surface area is 185 Å². The highest BCUT2D eigenvalue weighted by molar-refractivity contribution is 6.34. The van der Waals surface area contributed by atoms with Crippen LogP contribution in [0.15, 0.2) is 66.7 Å². The second kappa shape index (κ2) is 8.93. The topological polar surface area (TPSA) is 84.9 Å². The molecule has 0 spiro atoms. The van der Waals surface area contributed by atoms with Gasteiger partial charge in [0.15, 0.2) is 11.5 Å². The van der Waals surface area contributed by atoms with Crippen molar-refractivity contribution in [2.75, 3.05) is 24.4 Å². The number of hydrogen-bond donors (Lipinski definition) is 1. The molecule has 0 fully saturated rings. The summed E-state index contributed by atoms with van der Waals surface area (Å²) in [6.45, 7) is 0. The molecule has 1 aliphatic heterocycles. The zero-order valence-electron chi connectivity index (χ0n) is 17.8. The van der Waals surface area contributed by atoms with Gasteiger partial charge >= 0.3 is 0 Å². The van der Waals surface area contributed by atoms with Crippen LogP contribution in [-0.2, 0) is 11.2 Å². The van der Waals surface area contributed by atoms with Crippen LogP contribution in [0.4, 0.5) is 11.4 Å². The van der Waals surface area contributed by atoms with Gasteiger partial charge in [0.2, 0.25) is 5.91 Å². The van der Waals surface area contributed by atoms with E-state index in [-0.39, 0.29) is 24.1 Å². The maximum atomic E-state index is 12.7. The second-order valence-corrected chi connectivity index (χ2v) is 7.24. The molecule has 7 heteroatoms. The molecule has 1 heterocycles. The van der Waals surface area contributed by atoms with E-state index in [0.29, 0.717) is 40.4 Å². The Kier molecular flexibility index (Phi) is 5.89. The first-order chi connectivity index (χ1) is 15.5. The summed E-state index contributed by atoms with van der Waals surface area (Å²) in [6.07, 6.45) is 0.686. The van der Waals surface area contributed by atoms with Crippen LogP contribution in [0.2, 0.25) is 0 Å². The van der Waals surface area contributed by atoms with E-state index in [1.165, 1.54) is 0 Å². The van der Waals surface area contributed by atoms with Gasteiger partial charge in [-0.2, -0.15) is 0 Å². The van der Waals surface area contributed by atoms with Crippen molar-refractivity contribution in [3.63, 3.8) is 0 Å². The fourth-order valence-corrected chi connectivity index (χ4v) is 3.77. The summed E-state index contributed by atoms with van der Waals surface area (Å²) >= 11 is 0. The van der Waals surface area contributed by atoms with Crippen LogP contribution >= 0.6 is 0 Å². The Morgan fingerprint density at radius 2 is 1.56 bits per heavy atom. The highest BCUT2D eigenvalue weighted by Crippen LogP contribution is 2.32. The lowest BCUT2D eigenvalue weighted by Crippen LogP contribution is -2.29. The van der Waals surface area contributed by atoms with Crippen molar-refractivity contribution in [3.8, 4) is 11.5 Å². The van der Waals surface area contributed by atoms with Gasteiger partial charge in [0.25, 0.3) is 11.8 Å². The quantitative estimate of drug-likeness (QED) is 0.571. The van der Waals surface area contributed by atoms with E-state index in [9.17, 15) is 14.4 Å². The molecule has 3 aromatic rings. The number of nitrogens with one attached hydrogen (secondary N) is 1. The standard InChI is InChI=1S/C25H22N2O5/c1-31-21-12-5-7-16(23(21)32-2)13-14-22(28)26-17-8-6-9-18(15-17)27-24(29)19-10-3-4-11-20(19)25(27)30/h3-12,15H,13-14H2,1-2H3,(H,26,28). The number of amides is 3. The van der Waals surface area contributed by atoms with Crippen molar-refractivity contribution in [3.05, 3.63) is 83.4 Å². The SMILES string of the molecule is COc1cccc(CCC(=O)Nc2cccc(N3C(=O)c4ccccc4C3=O)c2)c1OC. The van der Waals surface area contributed by atoms with Gasteiger partial charge in [-0.1, -0.05) is 30.3 Å². The van der Waals surface area contributed by atoms with Crippen LogP contribution in [0.5, 0.6) is 11.5 Å². The number of rotatable bonds is 7. The van der Waals surface area contributed by atoms with Crippen LogP contribution in [0.25, 0.3) is 0 Å². The minimum atomic E-state index is -0.376. The normalized spacial score (nSPS) is 12.5. The number of carbonyl (C=O) groups excluding carboxylic acids is 3. The number of imide groups is 1. The molecule has 4 rings (SSSR count). The molecular formula is C25H22N2O5. The summed E-state index contributed by atoms with van der Waals surface area (Å²) in [4.78, 5) is 39.1. The molecule has 0 bridgehead atoms. The highest BCUT2D eigenvalue weighted by Gasteiger charge is 2.36. The first-order valence-electron chi connectivity index (χ1n) is 10.1. The van der Waals surface area contributed by atoms with Gasteiger partial charge in [-0.05, 0) is 48.4 Å². The first-order valence-corrected chi connectivity index (χ1v) is 10.1. The first kappa shape index (κ1) is 21.1. The van der Waals surface area contributed by atoms with E-state index >= 15 is 0 Å². The fourth-order valence-electron chi connectivity index (χ4n) is 3.77. The Bertz CT molecular complexity index is 1170. The third-order valence-electron chi connectivity index (χ3n) is 5.29. The van der Waals surface area contributed by atoms with Crippen molar-refractivity contribution >= 4 is 29.1 Å². The number of hydrogen-bond acceptors (Lipinski definition) is 5. The number of carbonyl (C=O) groups is 3. The highest BCUT2D eigenvalue weighted by atomic mass is 16.5. The van der Waals surface area contributed by atoms with Crippen LogP contribution in [-0.4, -0.2) is 31.9 Å². The summed E-state index contributed by atoms with van der Waals surface area (Å²) in [5, 5.41) is 2.83. The van der Waals surface area contributed by atoms with Crippen LogP contribution in [0, 0.1) is 0 Å². The summed E-state index contributed by atoms with van der Waals surface area (Å²) in [5.41, 5.74) is 2.52. The van der Waals surface area contributed by atoms with Gasteiger partial charge in [-0.15, -0.1) is 0 Å². The zero-order valence-corrected chi connectivity index (χ0v) is 17.8. The molecule has 162 valence electrons. The second-order valence-electron chi connectivity index (χ2n) is 7.24. The zero-order chi connectivity index (χ0) is 22.7. The Hall–Kier alpha value is -4.13. The third-order valence-corrected chi connectivity index (χ3v) is 5.29. The van der Waals surface area contributed by atoms with Crippen LogP contribution in [0.1, 0.15) is 32.7 Å². The fraction of sp³-hybridized carbons (Fsp3) is 0.160. The van der Waals surface area contributed by atoms with Gasteiger partial charge in [0, 0.05) is 12.1 Å². The number of benzene rings is 3. The number of anilines is 2.